The van der Waals surface area contributed by atoms with Crippen LogP contribution in [0, 0.1) is 0 Å². The van der Waals surface area contributed by atoms with E-state index in [1.54, 1.807) is 0 Å². The van der Waals surface area contributed by atoms with Crippen molar-refractivity contribution in [3.05, 3.63) is 29.8 Å². The van der Waals surface area contributed by atoms with E-state index < -0.39 is 0 Å². The first-order chi connectivity index (χ1) is 9.69. The van der Waals surface area contributed by atoms with Crippen molar-refractivity contribution in [3.8, 4) is 5.75 Å². The van der Waals surface area contributed by atoms with Gasteiger partial charge in [0, 0.05) is 5.54 Å². The molecule has 0 fully saturated rings. The maximum absolute atomic E-state index is 9.56. The van der Waals surface area contributed by atoms with Gasteiger partial charge in [0.1, 0.15) is 5.75 Å². The second-order valence-corrected chi connectivity index (χ2v) is 5.08. The summed E-state index contributed by atoms with van der Waals surface area (Å²) in [4.78, 5) is 0. The maximum Gasteiger partial charge on any atom is 0.119 e. The Kier molecular flexibility index (Phi) is 7.59. The van der Waals surface area contributed by atoms with E-state index in [4.69, 9.17) is 9.84 Å². The number of likely N-dealkylation sites (N-methyl/N-ethyl adjacent to an activating group) is 1. The first kappa shape index (κ1) is 17.0. The molecular formula is C16H27NO3. The summed E-state index contributed by atoms with van der Waals surface area (Å²) < 4.78 is 5.69. The largest absolute Gasteiger partial charge is 0.494 e. The molecule has 1 aromatic carbocycles. The zero-order chi connectivity index (χ0) is 14.8. The fraction of sp³-hybridized carbons (Fsp3) is 0.625. The third-order valence-electron chi connectivity index (χ3n) is 3.68. The van der Waals surface area contributed by atoms with Gasteiger partial charge in [-0.25, -0.2) is 0 Å². The van der Waals surface area contributed by atoms with Gasteiger partial charge < -0.3 is 20.3 Å². The normalized spacial score (nSPS) is 14.0. The van der Waals surface area contributed by atoms with Gasteiger partial charge in [-0.05, 0) is 43.5 Å². The van der Waals surface area contributed by atoms with E-state index in [0.29, 0.717) is 6.61 Å². The Bertz CT molecular complexity index is 378. The number of ether oxygens (including phenoxy) is 1. The highest BCUT2D eigenvalue weighted by atomic mass is 16.5. The van der Waals surface area contributed by atoms with Gasteiger partial charge in [-0.2, -0.15) is 0 Å². The predicted octanol–water partition coefficient (Wildman–Crippen LogP) is 2.09. The summed E-state index contributed by atoms with van der Waals surface area (Å²) in [6.07, 6.45) is 2.66. The van der Waals surface area contributed by atoms with Crippen LogP contribution in [-0.4, -0.2) is 35.5 Å². The lowest BCUT2D eigenvalue weighted by Crippen LogP contribution is -2.48. The minimum Gasteiger partial charge on any atom is -0.494 e. The molecule has 0 radical (unpaired) electrons. The van der Waals surface area contributed by atoms with Crippen LogP contribution in [-0.2, 0) is 6.61 Å². The summed E-state index contributed by atoms with van der Waals surface area (Å²) in [5.41, 5.74) is 0.666. The van der Waals surface area contributed by atoms with Crippen LogP contribution < -0.4 is 10.1 Å². The molecule has 114 valence electrons. The maximum atomic E-state index is 9.56. The molecule has 0 heterocycles. The SMILES string of the molecule is CCNC(CC)(CO)CCCOc1cccc(CO)c1. The standard InChI is InChI=1S/C16H27NO3/c1-3-16(13-19,17-4-2)9-6-10-20-15-8-5-7-14(11-15)12-18/h5,7-8,11,17-19H,3-4,6,9-10,12-13H2,1-2H3. The van der Waals surface area contributed by atoms with Crippen molar-refractivity contribution in [2.45, 2.75) is 45.3 Å². The van der Waals surface area contributed by atoms with Crippen molar-refractivity contribution in [2.75, 3.05) is 19.8 Å². The molecule has 0 spiro atoms. The Hall–Kier alpha value is -1.10. The first-order valence-electron chi connectivity index (χ1n) is 7.38. The number of aliphatic hydroxyl groups is 2. The number of hydrogen-bond acceptors (Lipinski definition) is 4. The lowest BCUT2D eigenvalue weighted by atomic mass is 9.91. The lowest BCUT2D eigenvalue weighted by molar-refractivity contribution is 0.139. The zero-order valence-corrected chi connectivity index (χ0v) is 12.6. The molecule has 0 saturated carbocycles. The van der Waals surface area contributed by atoms with E-state index in [1.807, 2.05) is 24.3 Å². The first-order valence-corrected chi connectivity index (χ1v) is 7.38. The van der Waals surface area contributed by atoms with Crippen molar-refractivity contribution in [2.24, 2.45) is 0 Å². The van der Waals surface area contributed by atoms with Crippen molar-refractivity contribution in [3.63, 3.8) is 0 Å². The average molecular weight is 281 g/mol. The summed E-state index contributed by atoms with van der Waals surface area (Å²) >= 11 is 0. The molecule has 4 nitrogen and oxygen atoms in total. The zero-order valence-electron chi connectivity index (χ0n) is 12.6. The van der Waals surface area contributed by atoms with E-state index in [9.17, 15) is 5.11 Å². The number of benzene rings is 1. The van der Waals surface area contributed by atoms with Crippen molar-refractivity contribution in [1.29, 1.82) is 0 Å². The van der Waals surface area contributed by atoms with Gasteiger partial charge in [0.15, 0.2) is 0 Å². The minimum absolute atomic E-state index is 0.0288. The molecule has 1 atom stereocenters. The molecule has 0 aromatic heterocycles. The molecule has 0 saturated heterocycles. The highest BCUT2D eigenvalue weighted by Crippen LogP contribution is 2.18. The van der Waals surface area contributed by atoms with E-state index >= 15 is 0 Å². The Balaban J connectivity index is 2.39. The van der Waals surface area contributed by atoms with Gasteiger partial charge in [-0.1, -0.05) is 26.0 Å². The van der Waals surface area contributed by atoms with E-state index in [1.165, 1.54) is 0 Å². The molecule has 1 unspecified atom stereocenters. The third kappa shape index (κ3) is 5.12. The van der Waals surface area contributed by atoms with Crippen LogP contribution >= 0.6 is 0 Å². The second kappa shape index (κ2) is 8.95. The highest BCUT2D eigenvalue weighted by molar-refractivity contribution is 5.27. The fourth-order valence-corrected chi connectivity index (χ4v) is 2.35. The summed E-state index contributed by atoms with van der Waals surface area (Å²) in [6, 6.07) is 7.49. The summed E-state index contributed by atoms with van der Waals surface area (Å²) in [5.74, 6) is 0.783. The van der Waals surface area contributed by atoms with Crippen LogP contribution in [0.2, 0.25) is 0 Å². The second-order valence-electron chi connectivity index (χ2n) is 5.08. The summed E-state index contributed by atoms with van der Waals surface area (Å²) in [7, 11) is 0. The minimum atomic E-state index is -0.189. The highest BCUT2D eigenvalue weighted by Gasteiger charge is 2.25. The molecule has 20 heavy (non-hydrogen) atoms. The quantitative estimate of drug-likeness (QED) is 0.575. The molecule has 0 bridgehead atoms. The summed E-state index contributed by atoms with van der Waals surface area (Å²) in [6.45, 7) is 5.79. The van der Waals surface area contributed by atoms with Crippen LogP contribution in [0.4, 0.5) is 0 Å². The van der Waals surface area contributed by atoms with Crippen molar-refractivity contribution >= 4 is 0 Å². The predicted molar refractivity (Wildman–Crippen MR) is 80.9 cm³/mol. The molecule has 0 amide bonds. The molecule has 3 N–H and O–H groups in total. The monoisotopic (exact) mass is 281 g/mol. The molecule has 0 aliphatic rings. The van der Waals surface area contributed by atoms with E-state index in [0.717, 1.165) is 37.1 Å². The summed E-state index contributed by atoms with van der Waals surface area (Å²) in [5, 5.41) is 22.0. The fourth-order valence-electron chi connectivity index (χ4n) is 2.35. The van der Waals surface area contributed by atoms with Crippen LogP contribution in [0.3, 0.4) is 0 Å². The number of aliphatic hydroxyl groups excluding tert-OH is 2. The van der Waals surface area contributed by atoms with Crippen LogP contribution in [0.25, 0.3) is 0 Å². The number of rotatable bonds is 10. The smallest absolute Gasteiger partial charge is 0.119 e. The van der Waals surface area contributed by atoms with E-state index in [2.05, 4.69) is 19.2 Å². The molecule has 1 rings (SSSR count). The number of hydrogen-bond donors (Lipinski definition) is 3. The van der Waals surface area contributed by atoms with Gasteiger partial charge in [0.25, 0.3) is 0 Å². The molecule has 1 aromatic rings. The Labute approximate surface area is 121 Å². The molecule has 0 aliphatic carbocycles. The topological polar surface area (TPSA) is 61.7 Å². The average Bonchev–Trinajstić information content (AvgIpc) is 2.50. The third-order valence-corrected chi connectivity index (χ3v) is 3.68. The van der Waals surface area contributed by atoms with Gasteiger partial charge in [0.2, 0.25) is 0 Å². The van der Waals surface area contributed by atoms with Crippen molar-refractivity contribution < 1.29 is 14.9 Å². The number of nitrogens with one attached hydrogen (secondary N) is 1. The van der Waals surface area contributed by atoms with Gasteiger partial charge in [-0.15, -0.1) is 0 Å². The lowest BCUT2D eigenvalue weighted by Gasteiger charge is -2.31. The van der Waals surface area contributed by atoms with Gasteiger partial charge >= 0.3 is 0 Å². The van der Waals surface area contributed by atoms with Crippen LogP contribution in [0.5, 0.6) is 5.75 Å². The van der Waals surface area contributed by atoms with Crippen molar-refractivity contribution in [1.82, 2.24) is 5.32 Å². The Morgan fingerprint density at radius 2 is 2.05 bits per heavy atom. The molecular weight excluding hydrogens is 254 g/mol. The molecule has 0 aliphatic heterocycles. The van der Waals surface area contributed by atoms with Crippen LogP contribution in [0.1, 0.15) is 38.7 Å². The molecule has 4 heteroatoms. The van der Waals surface area contributed by atoms with Gasteiger partial charge in [0.05, 0.1) is 19.8 Å². The Morgan fingerprint density at radius 1 is 1.25 bits per heavy atom. The van der Waals surface area contributed by atoms with Gasteiger partial charge in [-0.3, -0.25) is 0 Å². The Morgan fingerprint density at radius 3 is 2.65 bits per heavy atom. The van der Waals surface area contributed by atoms with E-state index in [-0.39, 0.29) is 18.8 Å². The van der Waals surface area contributed by atoms with Crippen LogP contribution in [0.15, 0.2) is 24.3 Å².